The van der Waals surface area contributed by atoms with Gasteiger partial charge < -0.3 is 5.32 Å². The molecular weight excluding hydrogens is 263 g/mol. The van der Waals surface area contributed by atoms with Gasteiger partial charge in [-0.1, -0.05) is 29.8 Å². The van der Waals surface area contributed by atoms with Crippen LogP contribution >= 0.6 is 11.6 Å². The minimum Gasteiger partial charge on any atom is -0.391 e. The Hall–Kier alpha value is -1.42. The molecule has 0 radical (unpaired) electrons. The number of rotatable bonds is 2. The zero-order valence-electron chi connectivity index (χ0n) is 9.55. The third-order valence-electron chi connectivity index (χ3n) is 2.82. The van der Waals surface area contributed by atoms with Crippen LogP contribution in [0.2, 0.25) is 5.02 Å². The van der Waals surface area contributed by atoms with Gasteiger partial charge in [0.05, 0.1) is 5.57 Å². The number of alkyl halides is 3. The lowest BCUT2D eigenvalue weighted by Gasteiger charge is -2.13. The summed E-state index contributed by atoms with van der Waals surface area (Å²) in [6, 6.07) is 6.85. The molecule has 96 valence electrons. The van der Waals surface area contributed by atoms with E-state index in [9.17, 15) is 13.2 Å². The predicted octanol–water partition coefficient (Wildman–Crippen LogP) is 4.03. The predicted molar refractivity (Wildman–Crippen MR) is 65.5 cm³/mol. The van der Waals surface area contributed by atoms with E-state index in [-0.39, 0.29) is 0 Å². The Bertz CT molecular complexity index is 517. The normalized spacial score (nSPS) is 19.5. The van der Waals surface area contributed by atoms with Gasteiger partial charge in [0.25, 0.3) is 0 Å². The number of allylic oxidation sites excluding steroid dienone is 3. The van der Waals surface area contributed by atoms with E-state index < -0.39 is 17.7 Å². The molecule has 1 nitrogen and oxygen atoms in total. The zero-order valence-corrected chi connectivity index (χ0v) is 10.3. The first-order chi connectivity index (χ1) is 8.41. The van der Waals surface area contributed by atoms with Crippen LogP contribution in [0.4, 0.5) is 13.2 Å². The molecule has 1 aliphatic rings. The van der Waals surface area contributed by atoms with E-state index in [1.165, 1.54) is 6.08 Å². The molecule has 0 bridgehead atoms. The number of halogens is 4. The zero-order chi connectivity index (χ0) is 13.3. The largest absolute Gasteiger partial charge is 0.416 e. The first-order valence-electron chi connectivity index (χ1n) is 5.35. The summed E-state index contributed by atoms with van der Waals surface area (Å²) in [5.74, 6) is -0.426. The molecular formula is C13H11ClF3N. The van der Waals surface area contributed by atoms with E-state index in [2.05, 4.69) is 5.32 Å². The Balaban J connectivity index is 2.40. The van der Waals surface area contributed by atoms with Crippen molar-refractivity contribution in [3.05, 3.63) is 58.3 Å². The van der Waals surface area contributed by atoms with E-state index >= 15 is 0 Å². The lowest BCUT2D eigenvalue weighted by Crippen LogP contribution is -2.11. The second-order valence-electron chi connectivity index (χ2n) is 4.00. The summed E-state index contributed by atoms with van der Waals surface area (Å²) in [7, 11) is 1.61. The molecule has 0 spiro atoms. The molecule has 0 aliphatic heterocycles. The molecule has 0 aromatic heterocycles. The summed E-state index contributed by atoms with van der Waals surface area (Å²) in [6.45, 7) is 0. The molecule has 18 heavy (non-hydrogen) atoms. The van der Waals surface area contributed by atoms with Gasteiger partial charge in [-0.25, -0.2) is 0 Å². The van der Waals surface area contributed by atoms with Gasteiger partial charge in [-0.15, -0.1) is 0 Å². The average Bonchev–Trinajstić information content (AvgIpc) is 2.72. The smallest absolute Gasteiger partial charge is 0.391 e. The Kier molecular flexibility index (Phi) is 3.39. The standard InChI is InChI=1S/C13H11ClF3N/c1-18-12-7-9(13(15,16)17)6-11(12)8-3-2-4-10(14)5-8/h2-7,11,18H,1H3. The van der Waals surface area contributed by atoms with Crippen LogP contribution in [0.25, 0.3) is 0 Å². The van der Waals surface area contributed by atoms with Gasteiger partial charge in [-0.3, -0.25) is 0 Å². The number of hydrogen-bond donors (Lipinski definition) is 1. The molecule has 1 aliphatic carbocycles. The van der Waals surface area contributed by atoms with Gasteiger partial charge in [0.2, 0.25) is 0 Å². The maximum atomic E-state index is 12.7. The van der Waals surface area contributed by atoms with Crippen LogP contribution in [0.3, 0.4) is 0 Å². The van der Waals surface area contributed by atoms with Crippen molar-refractivity contribution < 1.29 is 13.2 Å². The highest BCUT2D eigenvalue weighted by molar-refractivity contribution is 6.30. The van der Waals surface area contributed by atoms with Crippen LogP contribution in [-0.2, 0) is 0 Å². The van der Waals surface area contributed by atoms with Crippen molar-refractivity contribution in [3.63, 3.8) is 0 Å². The molecule has 0 saturated carbocycles. The molecule has 1 unspecified atom stereocenters. The minimum absolute atomic E-state index is 0.426. The van der Waals surface area contributed by atoms with Crippen molar-refractivity contribution in [3.8, 4) is 0 Å². The Morgan fingerprint density at radius 1 is 1.28 bits per heavy atom. The molecule has 1 N–H and O–H groups in total. The number of benzene rings is 1. The van der Waals surface area contributed by atoms with Crippen molar-refractivity contribution >= 4 is 11.6 Å². The van der Waals surface area contributed by atoms with Gasteiger partial charge >= 0.3 is 6.18 Å². The molecule has 1 aromatic rings. The van der Waals surface area contributed by atoms with E-state index in [0.717, 1.165) is 11.6 Å². The molecule has 1 aromatic carbocycles. The summed E-state index contributed by atoms with van der Waals surface area (Å²) in [4.78, 5) is 0. The Morgan fingerprint density at radius 3 is 2.56 bits per heavy atom. The molecule has 1 atom stereocenters. The summed E-state index contributed by atoms with van der Waals surface area (Å²) in [5, 5.41) is 3.31. The molecule has 2 rings (SSSR count). The third kappa shape index (κ3) is 2.53. The molecule has 0 heterocycles. The number of likely N-dealkylation sites (N-methyl/N-ethyl adjacent to an activating group) is 1. The summed E-state index contributed by atoms with van der Waals surface area (Å²) in [5.41, 5.74) is 0.628. The quantitative estimate of drug-likeness (QED) is 0.858. The lowest BCUT2D eigenvalue weighted by atomic mass is 9.98. The van der Waals surface area contributed by atoms with Gasteiger partial charge in [0, 0.05) is 23.7 Å². The molecule has 0 amide bonds. The van der Waals surface area contributed by atoms with E-state index in [1.54, 1.807) is 31.3 Å². The van der Waals surface area contributed by atoms with Gasteiger partial charge in [-0.05, 0) is 23.8 Å². The van der Waals surface area contributed by atoms with Crippen LogP contribution in [0.15, 0.2) is 47.7 Å². The second kappa shape index (κ2) is 4.69. The van der Waals surface area contributed by atoms with Crippen molar-refractivity contribution in [2.75, 3.05) is 7.05 Å². The van der Waals surface area contributed by atoms with Crippen LogP contribution < -0.4 is 5.32 Å². The van der Waals surface area contributed by atoms with Crippen LogP contribution in [0.5, 0.6) is 0 Å². The third-order valence-corrected chi connectivity index (χ3v) is 3.05. The Morgan fingerprint density at radius 2 is 2.00 bits per heavy atom. The van der Waals surface area contributed by atoms with Gasteiger partial charge in [-0.2, -0.15) is 13.2 Å². The van der Waals surface area contributed by atoms with Gasteiger partial charge in [0.1, 0.15) is 0 Å². The highest BCUT2D eigenvalue weighted by Crippen LogP contribution is 2.39. The first kappa shape index (κ1) is 13.0. The average molecular weight is 274 g/mol. The lowest BCUT2D eigenvalue weighted by molar-refractivity contribution is -0.0881. The maximum Gasteiger partial charge on any atom is 0.416 e. The topological polar surface area (TPSA) is 12.0 Å². The van der Waals surface area contributed by atoms with Crippen LogP contribution in [0.1, 0.15) is 11.5 Å². The second-order valence-corrected chi connectivity index (χ2v) is 4.44. The van der Waals surface area contributed by atoms with Crippen molar-refractivity contribution in [1.82, 2.24) is 5.32 Å². The fourth-order valence-corrected chi connectivity index (χ4v) is 2.15. The summed E-state index contributed by atoms with van der Waals surface area (Å²) < 4.78 is 38.0. The van der Waals surface area contributed by atoms with Crippen LogP contribution in [-0.4, -0.2) is 13.2 Å². The first-order valence-corrected chi connectivity index (χ1v) is 5.73. The van der Waals surface area contributed by atoms with E-state index in [0.29, 0.717) is 10.7 Å². The van der Waals surface area contributed by atoms with Crippen molar-refractivity contribution in [2.24, 2.45) is 0 Å². The van der Waals surface area contributed by atoms with Crippen molar-refractivity contribution in [1.29, 1.82) is 0 Å². The number of hydrogen-bond acceptors (Lipinski definition) is 1. The van der Waals surface area contributed by atoms with Crippen LogP contribution in [0, 0.1) is 0 Å². The molecule has 5 heteroatoms. The number of nitrogens with one attached hydrogen (secondary N) is 1. The molecule has 0 saturated heterocycles. The fourth-order valence-electron chi connectivity index (χ4n) is 1.95. The SMILES string of the molecule is CNC1=CC(C(F)(F)F)=CC1c1cccc(Cl)c1. The van der Waals surface area contributed by atoms with E-state index in [4.69, 9.17) is 11.6 Å². The molecule has 0 fully saturated rings. The monoisotopic (exact) mass is 273 g/mol. The van der Waals surface area contributed by atoms with Gasteiger partial charge in [0.15, 0.2) is 0 Å². The summed E-state index contributed by atoms with van der Waals surface area (Å²) >= 11 is 5.86. The fraction of sp³-hybridized carbons (Fsp3) is 0.231. The highest BCUT2D eigenvalue weighted by Gasteiger charge is 2.37. The van der Waals surface area contributed by atoms with E-state index in [1.807, 2.05) is 0 Å². The minimum atomic E-state index is -4.32. The summed E-state index contributed by atoms with van der Waals surface area (Å²) in [6.07, 6.45) is -1.99. The Labute approximate surface area is 108 Å². The maximum absolute atomic E-state index is 12.7. The highest BCUT2D eigenvalue weighted by atomic mass is 35.5. The van der Waals surface area contributed by atoms with Crippen molar-refractivity contribution in [2.45, 2.75) is 12.1 Å².